The maximum atomic E-state index is 4.71. The summed E-state index contributed by atoms with van der Waals surface area (Å²) in [6.45, 7) is 12.7. The summed E-state index contributed by atoms with van der Waals surface area (Å²) in [5, 5.41) is 13.9. The van der Waals surface area contributed by atoms with Gasteiger partial charge in [-0.05, 0) is 53.4 Å². The molecule has 2 N–H and O–H groups in total. The van der Waals surface area contributed by atoms with Crippen LogP contribution in [0.4, 0.5) is 0 Å². The van der Waals surface area contributed by atoms with Crippen molar-refractivity contribution in [1.29, 1.82) is 0 Å². The van der Waals surface area contributed by atoms with Crippen molar-refractivity contribution in [3.05, 3.63) is 0 Å². The molecule has 24 heavy (non-hydrogen) atoms. The first-order valence-electron chi connectivity index (χ1n) is 8.88. The highest BCUT2D eigenvalue weighted by molar-refractivity contribution is 5.85. The fraction of sp³-hybridized carbons (Fsp3) is 1.00. The molecule has 2 saturated heterocycles. The predicted molar refractivity (Wildman–Crippen MR) is 105 cm³/mol. The quantitative estimate of drug-likeness (QED) is 0.727. The molecule has 0 aromatic heterocycles. The minimum absolute atomic E-state index is 0. The molecule has 0 atom stereocenters. The van der Waals surface area contributed by atoms with Gasteiger partial charge in [-0.25, -0.2) is 10.0 Å². The van der Waals surface area contributed by atoms with Crippen LogP contribution in [0.15, 0.2) is 10.2 Å². The largest absolute Gasteiger partial charge is 0.253 e. The Morgan fingerprint density at radius 2 is 1.00 bits per heavy atom. The number of nitrogens with zero attached hydrogens (tertiary/aromatic N) is 4. The van der Waals surface area contributed by atoms with Crippen LogP contribution < -0.4 is 10.9 Å². The second kappa shape index (κ2) is 10.9. The van der Waals surface area contributed by atoms with E-state index in [1.807, 2.05) is 0 Å². The van der Waals surface area contributed by atoms with E-state index in [2.05, 4.69) is 48.6 Å². The molecule has 6 nitrogen and oxygen atoms in total. The van der Waals surface area contributed by atoms with Crippen LogP contribution in [0.2, 0.25) is 0 Å². The number of rotatable bonds is 4. The molecule has 0 bridgehead atoms. The zero-order valence-electron chi connectivity index (χ0n) is 15.7. The van der Waals surface area contributed by atoms with Gasteiger partial charge in [0.2, 0.25) is 0 Å². The molecule has 2 aliphatic heterocycles. The third kappa shape index (κ3) is 7.10. The Hall–Kier alpha value is 0.0200. The summed E-state index contributed by atoms with van der Waals surface area (Å²) in [5.41, 5.74) is 6.37. The summed E-state index contributed by atoms with van der Waals surface area (Å²) in [6.07, 6.45) is 7.52. The van der Waals surface area contributed by atoms with Gasteiger partial charge in [0.1, 0.15) is 11.3 Å². The molecule has 0 spiro atoms. The molecular weight excluding hydrogens is 347 g/mol. The normalized spacial score (nSPS) is 22.3. The van der Waals surface area contributed by atoms with E-state index in [0.717, 1.165) is 26.2 Å². The molecule has 0 saturated carbocycles. The van der Waals surface area contributed by atoms with E-state index in [4.69, 9.17) is 10.2 Å². The number of hydrogen-bond donors (Lipinski definition) is 2. The lowest BCUT2D eigenvalue weighted by molar-refractivity contribution is 0.0393. The number of hydrogen-bond acceptors (Lipinski definition) is 6. The highest BCUT2D eigenvalue weighted by atomic mass is 35.5. The van der Waals surface area contributed by atoms with Crippen LogP contribution >= 0.6 is 24.8 Å². The molecule has 2 heterocycles. The van der Waals surface area contributed by atoms with E-state index in [9.17, 15) is 0 Å². The maximum Gasteiger partial charge on any atom is 0.140 e. The van der Waals surface area contributed by atoms with Gasteiger partial charge in [0.05, 0.1) is 0 Å². The molecule has 0 radical (unpaired) electrons. The molecule has 8 heteroatoms. The zero-order valence-corrected chi connectivity index (χ0v) is 17.3. The van der Waals surface area contributed by atoms with Crippen molar-refractivity contribution in [3.8, 4) is 0 Å². The van der Waals surface area contributed by atoms with Crippen LogP contribution in [-0.4, -0.2) is 47.5 Å². The molecule has 0 aromatic rings. The number of azo groups is 1. The lowest BCUT2D eigenvalue weighted by Crippen LogP contribution is -2.53. The van der Waals surface area contributed by atoms with Crippen LogP contribution in [0.1, 0.15) is 66.2 Å². The van der Waals surface area contributed by atoms with Crippen molar-refractivity contribution < 1.29 is 0 Å². The summed E-state index contributed by atoms with van der Waals surface area (Å²) in [4.78, 5) is 0. The molecule has 2 aliphatic rings. The Kier molecular flexibility index (Phi) is 10.9. The van der Waals surface area contributed by atoms with Gasteiger partial charge in [-0.2, -0.15) is 10.2 Å². The van der Waals surface area contributed by atoms with Crippen molar-refractivity contribution in [1.82, 2.24) is 20.9 Å². The third-order valence-electron chi connectivity index (χ3n) is 4.58. The third-order valence-corrected chi connectivity index (χ3v) is 4.58. The average molecular weight is 383 g/mol. The number of hydrazine groups is 2. The SMILES string of the molecule is CC(C)(N=NC(C)(C)N1CCCCCN1)N1CCCCCN1.Cl.Cl. The van der Waals surface area contributed by atoms with Gasteiger partial charge in [0.25, 0.3) is 0 Å². The Bertz CT molecular complexity index is 326. The van der Waals surface area contributed by atoms with Crippen LogP contribution in [0.3, 0.4) is 0 Å². The van der Waals surface area contributed by atoms with E-state index in [1.54, 1.807) is 0 Å². The Morgan fingerprint density at radius 1 is 0.625 bits per heavy atom. The first-order valence-corrected chi connectivity index (χ1v) is 8.88. The van der Waals surface area contributed by atoms with Gasteiger partial charge in [-0.1, -0.05) is 12.8 Å². The smallest absolute Gasteiger partial charge is 0.140 e. The van der Waals surface area contributed by atoms with Gasteiger partial charge in [0, 0.05) is 26.2 Å². The monoisotopic (exact) mass is 382 g/mol. The summed E-state index contributed by atoms with van der Waals surface area (Å²) in [6, 6.07) is 0. The molecule has 0 amide bonds. The molecule has 0 aromatic carbocycles. The van der Waals surface area contributed by atoms with E-state index in [0.29, 0.717) is 0 Å². The maximum absolute atomic E-state index is 4.71. The standard InChI is InChI=1S/C16H34N6.2ClH/c1-15(2,21-13-9-5-7-11-17-21)19-20-16(3,4)22-14-10-6-8-12-18-22;;/h17-18H,5-14H2,1-4H3;2*1H. The predicted octanol–water partition coefficient (Wildman–Crippen LogP) is 3.74. The Morgan fingerprint density at radius 3 is 1.38 bits per heavy atom. The highest BCUT2D eigenvalue weighted by Gasteiger charge is 2.31. The molecule has 0 unspecified atom stereocenters. The zero-order chi connectivity index (χ0) is 16.1. The van der Waals surface area contributed by atoms with E-state index in [-0.39, 0.29) is 36.1 Å². The second-order valence-electron chi connectivity index (χ2n) is 7.43. The minimum atomic E-state index is -0.312. The fourth-order valence-electron chi connectivity index (χ4n) is 3.02. The number of halogens is 2. The van der Waals surface area contributed by atoms with Crippen molar-refractivity contribution in [2.75, 3.05) is 26.2 Å². The van der Waals surface area contributed by atoms with Gasteiger partial charge in [-0.15, -0.1) is 24.8 Å². The topological polar surface area (TPSA) is 55.3 Å². The van der Waals surface area contributed by atoms with E-state index >= 15 is 0 Å². The van der Waals surface area contributed by atoms with Gasteiger partial charge in [-0.3, -0.25) is 10.9 Å². The number of nitrogens with one attached hydrogen (secondary N) is 2. The summed E-state index contributed by atoms with van der Waals surface area (Å²) < 4.78 is 0. The second-order valence-corrected chi connectivity index (χ2v) is 7.43. The van der Waals surface area contributed by atoms with E-state index in [1.165, 1.54) is 38.5 Å². The van der Waals surface area contributed by atoms with E-state index < -0.39 is 0 Å². The molecule has 2 rings (SSSR count). The van der Waals surface area contributed by atoms with Gasteiger partial charge >= 0.3 is 0 Å². The molecule has 2 fully saturated rings. The van der Waals surface area contributed by atoms with Crippen molar-refractivity contribution >= 4 is 24.8 Å². The summed E-state index contributed by atoms with van der Waals surface area (Å²) >= 11 is 0. The Labute approximate surface area is 160 Å². The first kappa shape index (κ1) is 24.0. The summed E-state index contributed by atoms with van der Waals surface area (Å²) in [7, 11) is 0. The van der Waals surface area contributed by atoms with Gasteiger partial charge < -0.3 is 0 Å². The lowest BCUT2D eigenvalue weighted by Gasteiger charge is -2.37. The van der Waals surface area contributed by atoms with Crippen LogP contribution in [0.25, 0.3) is 0 Å². The summed E-state index contributed by atoms with van der Waals surface area (Å²) in [5.74, 6) is 0. The van der Waals surface area contributed by atoms with Crippen molar-refractivity contribution in [2.45, 2.75) is 77.5 Å². The minimum Gasteiger partial charge on any atom is -0.253 e. The van der Waals surface area contributed by atoms with Crippen LogP contribution in [-0.2, 0) is 0 Å². The van der Waals surface area contributed by atoms with Crippen molar-refractivity contribution in [3.63, 3.8) is 0 Å². The van der Waals surface area contributed by atoms with Crippen molar-refractivity contribution in [2.24, 2.45) is 10.2 Å². The van der Waals surface area contributed by atoms with Crippen LogP contribution in [0, 0.1) is 0 Å². The molecule has 0 aliphatic carbocycles. The molecular formula is C16H36Cl2N6. The van der Waals surface area contributed by atoms with Gasteiger partial charge in [0.15, 0.2) is 0 Å². The lowest BCUT2D eigenvalue weighted by atomic mass is 10.2. The average Bonchev–Trinajstić information content (AvgIpc) is 2.90. The highest BCUT2D eigenvalue weighted by Crippen LogP contribution is 2.23. The first-order chi connectivity index (χ1) is 10.4. The fourth-order valence-corrected chi connectivity index (χ4v) is 3.02. The van der Waals surface area contributed by atoms with Crippen LogP contribution in [0.5, 0.6) is 0 Å². The molecule has 144 valence electrons. The Balaban J connectivity index is 0.00000264.